The Morgan fingerprint density at radius 1 is 1.16 bits per heavy atom. The fourth-order valence-electron chi connectivity index (χ4n) is 3.59. The maximum atomic E-state index is 12.7. The van der Waals surface area contributed by atoms with E-state index in [4.69, 9.17) is 9.47 Å². The third kappa shape index (κ3) is 5.43. The molecule has 1 atom stereocenters. The summed E-state index contributed by atoms with van der Waals surface area (Å²) in [5.41, 5.74) is 3.78. The number of hydrogen-bond donors (Lipinski definition) is 0. The maximum absolute atomic E-state index is 12.7. The number of pyridine rings is 2. The summed E-state index contributed by atoms with van der Waals surface area (Å²) in [5.74, 6) is 0.584. The summed E-state index contributed by atoms with van der Waals surface area (Å²) in [6.45, 7) is 4.40. The number of carbonyl (C=O) groups excluding carboxylic acids is 2. The van der Waals surface area contributed by atoms with E-state index in [0.29, 0.717) is 43.3 Å². The second kappa shape index (κ2) is 10.3. The van der Waals surface area contributed by atoms with Gasteiger partial charge in [-0.05, 0) is 55.5 Å². The molecule has 2 aromatic heterocycles. The number of Topliss-reactive ketones (excluding diaryl/α,β-unsaturated/α-hetero) is 1. The molecule has 7 nitrogen and oxygen atoms in total. The highest BCUT2D eigenvalue weighted by Crippen LogP contribution is 2.23. The van der Waals surface area contributed by atoms with Gasteiger partial charge in [-0.2, -0.15) is 0 Å². The molecule has 0 radical (unpaired) electrons. The van der Waals surface area contributed by atoms with Crippen LogP contribution in [0.4, 0.5) is 0 Å². The standard InChI is InChI=1S/C25H25N3O4/c1-18-3-2-4-21(27-18)16-24(30)20-9-10-26-23(15-20)19-5-7-22(8-6-19)32-25(17-29)28-11-13-31-14-12-28/h2-10,15,17,25H,11-14,16H2,1H3. The monoisotopic (exact) mass is 431 g/mol. The van der Waals surface area contributed by atoms with Gasteiger partial charge in [-0.15, -0.1) is 0 Å². The third-order valence-corrected chi connectivity index (χ3v) is 5.30. The molecule has 7 heteroatoms. The molecule has 32 heavy (non-hydrogen) atoms. The smallest absolute Gasteiger partial charge is 0.209 e. The summed E-state index contributed by atoms with van der Waals surface area (Å²) in [7, 11) is 0. The average molecular weight is 431 g/mol. The summed E-state index contributed by atoms with van der Waals surface area (Å²) in [5, 5.41) is 0. The van der Waals surface area contributed by atoms with Crippen molar-refractivity contribution < 1.29 is 19.1 Å². The minimum absolute atomic E-state index is 0.00830. The van der Waals surface area contributed by atoms with Gasteiger partial charge < -0.3 is 9.47 Å². The number of carbonyl (C=O) groups is 2. The summed E-state index contributed by atoms with van der Waals surface area (Å²) in [6, 6.07) is 16.5. The molecule has 1 aromatic carbocycles. The number of ketones is 1. The summed E-state index contributed by atoms with van der Waals surface area (Å²) < 4.78 is 11.2. The predicted octanol–water partition coefficient (Wildman–Crippen LogP) is 3.11. The number of morpholine rings is 1. The topological polar surface area (TPSA) is 81.6 Å². The van der Waals surface area contributed by atoms with Gasteiger partial charge in [-0.3, -0.25) is 24.5 Å². The van der Waals surface area contributed by atoms with Crippen molar-refractivity contribution in [1.82, 2.24) is 14.9 Å². The molecule has 1 aliphatic rings. The summed E-state index contributed by atoms with van der Waals surface area (Å²) >= 11 is 0. The Morgan fingerprint density at radius 3 is 2.66 bits per heavy atom. The molecule has 0 N–H and O–H groups in total. The minimum Gasteiger partial charge on any atom is -0.468 e. The van der Waals surface area contributed by atoms with Crippen LogP contribution in [-0.2, 0) is 16.0 Å². The second-order valence-electron chi connectivity index (χ2n) is 7.62. The first-order valence-electron chi connectivity index (χ1n) is 10.6. The number of benzene rings is 1. The van der Waals surface area contributed by atoms with Gasteiger partial charge >= 0.3 is 0 Å². The molecular weight excluding hydrogens is 406 g/mol. The molecule has 3 aromatic rings. The molecule has 0 bridgehead atoms. The van der Waals surface area contributed by atoms with Crippen LogP contribution in [0.25, 0.3) is 11.3 Å². The van der Waals surface area contributed by atoms with Crippen molar-refractivity contribution in [3.63, 3.8) is 0 Å². The molecule has 4 rings (SSSR count). The van der Waals surface area contributed by atoms with Crippen molar-refractivity contribution >= 4 is 12.1 Å². The van der Waals surface area contributed by atoms with Crippen LogP contribution in [0.3, 0.4) is 0 Å². The Kier molecular flexibility index (Phi) is 6.99. The molecule has 1 unspecified atom stereocenters. The number of nitrogens with zero attached hydrogens (tertiary/aromatic N) is 3. The number of hydrogen-bond acceptors (Lipinski definition) is 7. The van der Waals surface area contributed by atoms with Gasteiger partial charge in [0.25, 0.3) is 0 Å². The van der Waals surface area contributed by atoms with Crippen LogP contribution in [0.1, 0.15) is 21.7 Å². The summed E-state index contributed by atoms with van der Waals surface area (Å²) in [4.78, 5) is 35.0. The van der Waals surface area contributed by atoms with Crippen molar-refractivity contribution in [2.45, 2.75) is 19.6 Å². The molecule has 3 heterocycles. The highest BCUT2D eigenvalue weighted by atomic mass is 16.5. The van der Waals surface area contributed by atoms with Gasteiger partial charge in [0.15, 0.2) is 12.1 Å². The fourth-order valence-corrected chi connectivity index (χ4v) is 3.59. The molecule has 1 aliphatic heterocycles. The first-order valence-corrected chi connectivity index (χ1v) is 10.6. The molecule has 0 aliphatic carbocycles. The molecule has 0 spiro atoms. The SMILES string of the molecule is Cc1cccc(CC(=O)c2ccnc(-c3ccc(OC(C=O)N4CCOCC4)cc3)c2)n1. The minimum atomic E-state index is -0.640. The van der Waals surface area contributed by atoms with E-state index in [1.165, 1.54) is 0 Å². The van der Waals surface area contributed by atoms with E-state index in [0.717, 1.165) is 23.2 Å². The first kappa shape index (κ1) is 21.8. The van der Waals surface area contributed by atoms with Crippen LogP contribution in [0.15, 0.2) is 60.8 Å². The van der Waals surface area contributed by atoms with Gasteiger partial charge in [0.05, 0.1) is 25.3 Å². The van der Waals surface area contributed by atoms with Gasteiger partial charge in [-0.1, -0.05) is 6.07 Å². The first-order chi connectivity index (χ1) is 15.6. The van der Waals surface area contributed by atoms with E-state index in [1.807, 2.05) is 42.2 Å². The maximum Gasteiger partial charge on any atom is 0.209 e. The van der Waals surface area contributed by atoms with Crippen LogP contribution in [0.5, 0.6) is 5.75 Å². The molecule has 0 amide bonds. The third-order valence-electron chi connectivity index (χ3n) is 5.30. The lowest BCUT2D eigenvalue weighted by atomic mass is 10.0. The average Bonchev–Trinajstić information content (AvgIpc) is 2.83. The largest absolute Gasteiger partial charge is 0.468 e. The lowest BCUT2D eigenvalue weighted by Crippen LogP contribution is -2.47. The van der Waals surface area contributed by atoms with Crippen molar-refractivity contribution in [2.24, 2.45) is 0 Å². The van der Waals surface area contributed by atoms with Crippen LogP contribution in [0, 0.1) is 6.92 Å². The van der Waals surface area contributed by atoms with E-state index in [1.54, 1.807) is 30.5 Å². The van der Waals surface area contributed by atoms with Crippen LogP contribution in [-0.4, -0.2) is 59.5 Å². The predicted molar refractivity (Wildman–Crippen MR) is 120 cm³/mol. The lowest BCUT2D eigenvalue weighted by molar-refractivity contribution is -0.125. The van der Waals surface area contributed by atoms with Crippen molar-refractivity contribution in [1.29, 1.82) is 0 Å². The Hall–Kier alpha value is -3.42. The molecule has 0 saturated carbocycles. The zero-order valence-electron chi connectivity index (χ0n) is 17.9. The van der Waals surface area contributed by atoms with E-state index in [9.17, 15) is 9.59 Å². The number of aldehydes is 1. The highest BCUT2D eigenvalue weighted by molar-refractivity contribution is 5.98. The van der Waals surface area contributed by atoms with Crippen molar-refractivity contribution in [2.75, 3.05) is 26.3 Å². The lowest BCUT2D eigenvalue weighted by Gasteiger charge is -2.31. The van der Waals surface area contributed by atoms with Gasteiger partial charge in [0.2, 0.25) is 6.23 Å². The summed E-state index contributed by atoms with van der Waals surface area (Å²) in [6.07, 6.45) is 2.04. The Bertz CT molecular complexity index is 1080. The van der Waals surface area contributed by atoms with Crippen molar-refractivity contribution in [3.8, 4) is 17.0 Å². The van der Waals surface area contributed by atoms with Crippen molar-refractivity contribution in [3.05, 3.63) is 77.7 Å². The van der Waals surface area contributed by atoms with Crippen LogP contribution < -0.4 is 4.74 Å². The number of ether oxygens (including phenoxy) is 2. The van der Waals surface area contributed by atoms with Gasteiger partial charge in [-0.25, -0.2) is 0 Å². The second-order valence-corrected chi connectivity index (χ2v) is 7.62. The Morgan fingerprint density at radius 2 is 1.94 bits per heavy atom. The van der Waals surface area contributed by atoms with Crippen LogP contribution >= 0.6 is 0 Å². The Labute approximate surface area is 187 Å². The molecule has 164 valence electrons. The number of aryl methyl sites for hydroxylation is 1. The Balaban J connectivity index is 1.44. The van der Waals surface area contributed by atoms with E-state index >= 15 is 0 Å². The fraction of sp³-hybridized carbons (Fsp3) is 0.280. The van der Waals surface area contributed by atoms with Gasteiger partial charge in [0.1, 0.15) is 5.75 Å². The normalized spacial score (nSPS) is 15.2. The number of aromatic nitrogens is 2. The van der Waals surface area contributed by atoms with E-state index in [2.05, 4.69) is 9.97 Å². The quantitative estimate of drug-likeness (QED) is 0.400. The molecule has 1 fully saturated rings. The van der Waals surface area contributed by atoms with E-state index in [-0.39, 0.29) is 12.2 Å². The van der Waals surface area contributed by atoms with Crippen LogP contribution in [0.2, 0.25) is 0 Å². The zero-order chi connectivity index (χ0) is 22.3. The number of rotatable bonds is 8. The highest BCUT2D eigenvalue weighted by Gasteiger charge is 2.22. The zero-order valence-corrected chi connectivity index (χ0v) is 17.9. The van der Waals surface area contributed by atoms with E-state index < -0.39 is 6.23 Å². The molecule has 1 saturated heterocycles. The van der Waals surface area contributed by atoms with Gasteiger partial charge in [0, 0.05) is 41.8 Å². The molecular formula is C25H25N3O4.